The minimum Gasteiger partial charge on any atom is -0.484 e. The Morgan fingerprint density at radius 1 is 1.04 bits per heavy atom. The van der Waals surface area contributed by atoms with Crippen molar-refractivity contribution in [2.75, 3.05) is 25.5 Å². The lowest BCUT2D eigenvalue weighted by Gasteiger charge is -2.17. The van der Waals surface area contributed by atoms with Crippen LogP contribution in [-0.2, 0) is 9.59 Å². The highest BCUT2D eigenvalue weighted by molar-refractivity contribution is 5.94. The number of ether oxygens (including phenoxy) is 1. The normalized spacial score (nSPS) is 10.2. The molecule has 0 spiro atoms. The SMILES string of the molecule is CN(CC(=O)Nc1ccc(F)cc1)C(=O)COc1ccc(F)c(F)c1. The zero-order chi connectivity index (χ0) is 18.4. The highest BCUT2D eigenvalue weighted by Crippen LogP contribution is 2.15. The van der Waals surface area contributed by atoms with E-state index >= 15 is 0 Å². The van der Waals surface area contributed by atoms with Gasteiger partial charge in [-0.3, -0.25) is 9.59 Å². The predicted octanol–water partition coefficient (Wildman–Crippen LogP) is 2.58. The van der Waals surface area contributed by atoms with Crippen LogP contribution < -0.4 is 10.1 Å². The molecule has 132 valence electrons. The van der Waals surface area contributed by atoms with Gasteiger partial charge in [0.05, 0.1) is 6.54 Å². The zero-order valence-corrected chi connectivity index (χ0v) is 13.3. The number of anilines is 1. The number of rotatable bonds is 6. The molecule has 0 fully saturated rings. The largest absolute Gasteiger partial charge is 0.484 e. The number of amides is 2. The molecule has 1 N–H and O–H groups in total. The van der Waals surface area contributed by atoms with Gasteiger partial charge >= 0.3 is 0 Å². The minimum atomic E-state index is -1.09. The van der Waals surface area contributed by atoms with Gasteiger partial charge in [0.1, 0.15) is 11.6 Å². The summed E-state index contributed by atoms with van der Waals surface area (Å²) < 4.78 is 43.7. The number of halogens is 3. The quantitative estimate of drug-likeness (QED) is 0.869. The molecule has 2 aromatic carbocycles. The first-order valence-electron chi connectivity index (χ1n) is 7.22. The monoisotopic (exact) mass is 352 g/mol. The Bertz CT molecular complexity index is 766. The van der Waals surface area contributed by atoms with Gasteiger partial charge in [0.25, 0.3) is 5.91 Å². The highest BCUT2D eigenvalue weighted by Gasteiger charge is 2.14. The molecule has 0 bridgehead atoms. The zero-order valence-electron chi connectivity index (χ0n) is 13.3. The molecule has 0 heterocycles. The average molecular weight is 352 g/mol. The van der Waals surface area contributed by atoms with E-state index in [0.29, 0.717) is 5.69 Å². The van der Waals surface area contributed by atoms with Crippen molar-refractivity contribution in [3.63, 3.8) is 0 Å². The molecule has 0 saturated heterocycles. The fraction of sp³-hybridized carbons (Fsp3) is 0.176. The molecule has 0 aliphatic heterocycles. The van der Waals surface area contributed by atoms with E-state index in [1.165, 1.54) is 37.4 Å². The molecule has 0 unspecified atom stereocenters. The summed E-state index contributed by atoms with van der Waals surface area (Å²) >= 11 is 0. The van der Waals surface area contributed by atoms with Crippen molar-refractivity contribution >= 4 is 17.5 Å². The molecule has 0 aliphatic rings. The topological polar surface area (TPSA) is 58.6 Å². The molecule has 5 nitrogen and oxygen atoms in total. The van der Waals surface area contributed by atoms with Gasteiger partial charge in [0.15, 0.2) is 18.2 Å². The van der Waals surface area contributed by atoms with Crippen molar-refractivity contribution in [3.05, 3.63) is 59.9 Å². The molecule has 2 amide bonds. The molecule has 2 rings (SSSR count). The summed E-state index contributed by atoms with van der Waals surface area (Å²) in [4.78, 5) is 24.9. The molecule has 2 aromatic rings. The number of nitrogens with one attached hydrogen (secondary N) is 1. The molecule has 25 heavy (non-hydrogen) atoms. The van der Waals surface area contributed by atoms with Crippen LogP contribution in [0, 0.1) is 17.5 Å². The van der Waals surface area contributed by atoms with Crippen molar-refractivity contribution in [3.8, 4) is 5.75 Å². The van der Waals surface area contributed by atoms with Crippen LogP contribution in [-0.4, -0.2) is 36.9 Å². The summed E-state index contributed by atoms with van der Waals surface area (Å²) in [5.74, 6) is -3.55. The molecule has 0 aliphatic carbocycles. The molecule has 0 saturated carbocycles. The molecule has 0 aromatic heterocycles. The molecule has 8 heteroatoms. The van der Waals surface area contributed by atoms with Crippen molar-refractivity contribution in [2.45, 2.75) is 0 Å². The van der Waals surface area contributed by atoms with E-state index in [1.54, 1.807) is 0 Å². The van der Waals surface area contributed by atoms with Crippen molar-refractivity contribution in [1.82, 2.24) is 4.90 Å². The number of hydrogen-bond acceptors (Lipinski definition) is 3. The van der Waals surface area contributed by atoms with Gasteiger partial charge in [-0.25, -0.2) is 13.2 Å². The van der Waals surface area contributed by atoms with E-state index < -0.39 is 35.9 Å². The first-order chi connectivity index (χ1) is 11.8. The summed E-state index contributed by atoms with van der Waals surface area (Å²) in [5, 5.41) is 2.51. The highest BCUT2D eigenvalue weighted by atomic mass is 19.2. The van der Waals surface area contributed by atoms with Crippen LogP contribution in [0.25, 0.3) is 0 Å². The van der Waals surface area contributed by atoms with Gasteiger partial charge in [-0.05, 0) is 36.4 Å². The Morgan fingerprint density at radius 2 is 1.72 bits per heavy atom. The third-order valence-corrected chi connectivity index (χ3v) is 3.19. The maximum Gasteiger partial charge on any atom is 0.260 e. The maximum atomic E-state index is 13.0. The van der Waals surface area contributed by atoms with Gasteiger partial charge in [0.2, 0.25) is 5.91 Å². The number of benzene rings is 2. The van der Waals surface area contributed by atoms with Crippen molar-refractivity contribution in [1.29, 1.82) is 0 Å². The Labute approximate surface area is 142 Å². The van der Waals surface area contributed by atoms with E-state index in [4.69, 9.17) is 4.74 Å². The van der Waals surface area contributed by atoms with E-state index in [-0.39, 0.29) is 12.3 Å². The standard InChI is InChI=1S/C17H15F3N2O3/c1-22(9-16(23)21-12-4-2-11(18)3-5-12)17(24)10-25-13-6-7-14(19)15(20)8-13/h2-8H,9-10H2,1H3,(H,21,23). The Balaban J connectivity index is 1.81. The fourth-order valence-electron chi connectivity index (χ4n) is 1.86. The lowest BCUT2D eigenvalue weighted by atomic mass is 10.3. The van der Waals surface area contributed by atoms with Crippen LogP contribution in [0.4, 0.5) is 18.9 Å². The Morgan fingerprint density at radius 3 is 2.36 bits per heavy atom. The number of likely N-dealkylation sites (N-methyl/N-ethyl adjacent to an activating group) is 1. The lowest BCUT2D eigenvalue weighted by molar-refractivity contribution is -0.135. The van der Waals surface area contributed by atoms with Crippen LogP contribution >= 0.6 is 0 Å². The summed E-state index contributed by atoms with van der Waals surface area (Å²) in [5.41, 5.74) is 0.394. The first kappa shape index (κ1) is 18.3. The third-order valence-electron chi connectivity index (χ3n) is 3.19. The number of nitrogens with zero attached hydrogens (tertiary/aromatic N) is 1. The summed E-state index contributed by atoms with van der Waals surface area (Å²) in [6, 6.07) is 8.06. The Hall–Kier alpha value is -3.03. The van der Waals surface area contributed by atoms with Gasteiger partial charge in [-0.2, -0.15) is 0 Å². The first-order valence-corrected chi connectivity index (χ1v) is 7.22. The van der Waals surface area contributed by atoms with E-state index in [0.717, 1.165) is 17.0 Å². The number of carbonyl (C=O) groups is 2. The minimum absolute atomic E-state index is 0.00332. The van der Waals surface area contributed by atoms with Crippen LogP contribution in [0.15, 0.2) is 42.5 Å². The van der Waals surface area contributed by atoms with Crippen molar-refractivity contribution in [2.24, 2.45) is 0 Å². The fourth-order valence-corrected chi connectivity index (χ4v) is 1.86. The van der Waals surface area contributed by atoms with Crippen LogP contribution in [0.3, 0.4) is 0 Å². The van der Waals surface area contributed by atoms with E-state index in [1.807, 2.05) is 0 Å². The summed E-state index contributed by atoms with van der Waals surface area (Å²) in [6.07, 6.45) is 0. The maximum absolute atomic E-state index is 13.0. The van der Waals surface area contributed by atoms with Gasteiger partial charge in [0, 0.05) is 18.8 Å². The number of carbonyl (C=O) groups excluding carboxylic acids is 2. The predicted molar refractivity (Wildman–Crippen MR) is 84.5 cm³/mol. The summed E-state index contributed by atoms with van der Waals surface area (Å²) in [6.45, 7) is -0.692. The Kier molecular flexibility index (Phi) is 5.99. The third kappa shape index (κ3) is 5.52. The second kappa shape index (κ2) is 8.18. The van der Waals surface area contributed by atoms with Crippen LogP contribution in [0.1, 0.15) is 0 Å². The molecule has 0 atom stereocenters. The summed E-state index contributed by atoms with van der Waals surface area (Å²) in [7, 11) is 1.39. The smallest absolute Gasteiger partial charge is 0.260 e. The van der Waals surface area contributed by atoms with E-state index in [9.17, 15) is 22.8 Å². The van der Waals surface area contributed by atoms with Crippen LogP contribution in [0.5, 0.6) is 5.75 Å². The van der Waals surface area contributed by atoms with Gasteiger partial charge in [-0.1, -0.05) is 0 Å². The molecule has 0 radical (unpaired) electrons. The van der Waals surface area contributed by atoms with Gasteiger partial charge in [-0.15, -0.1) is 0 Å². The van der Waals surface area contributed by atoms with E-state index in [2.05, 4.69) is 5.32 Å². The average Bonchev–Trinajstić information content (AvgIpc) is 2.57. The van der Waals surface area contributed by atoms with Gasteiger partial charge < -0.3 is 15.0 Å². The second-order valence-corrected chi connectivity index (χ2v) is 5.17. The van der Waals surface area contributed by atoms with Crippen molar-refractivity contribution < 1.29 is 27.5 Å². The van der Waals surface area contributed by atoms with Crippen LogP contribution in [0.2, 0.25) is 0 Å². The number of hydrogen-bond donors (Lipinski definition) is 1. The molecular formula is C17H15F3N2O3. The second-order valence-electron chi connectivity index (χ2n) is 5.17. The molecular weight excluding hydrogens is 337 g/mol. The lowest BCUT2D eigenvalue weighted by Crippen LogP contribution is -2.37.